The minimum Gasteiger partial charge on any atom is -0.336 e. The second-order valence-electron chi connectivity index (χ2n) is 4.46. The first-order chi connectivity index (χ1) is 8.31. The Kier molecular flexibility index (Phi) is 4.08. The number of carbonyl (C=O) groups excluding carboxylic acids is 1. The smallest absolute Gasteiger partial charge is 0.291 e. The minimum atomic E-state index is -0.0328. The number of nitrogens with one attached hydrogen (secondary N) is 2. The molecule has 1 fully saturated rings. The first kappa shape index (κ1) is 12.0. The van der Waals surface area contributed by atoms with Gasteiger partial charge in [0.05, 0.1) is 0 Å². The Balaban J connectivity index is 1.81. The van der Waals surface area contributed by atoms with E-state index in [1.165, 1.54) is 12.7 Å². The molecular formula is C11H19N5O. The summed E-state index contributed by atoms with van der Waals surface area (Å²) in [5.41, 5.74) is 0. The normalized spacial score (nSPS) is 17.4. The van der Waals surface area contributed by atoms with Crippen LogP contribution in [-0.4, -0.2) is 52.7 Å². The molecule has 1 aromatic rings. The van der Waals surface area contributed by atoms with Gasteiger partial charge in [-0.2, -0.15) is 5.10 Å². The number of hydrogen-bond donors (Lipinski definition) is 2. The van der Waals surface area contributed by atoms with E-state index in [-0.39, 0.29) is 5.91 Å². The zero-order valence-corrected chi connectivity index (χ0v) is 10.1. The zero-order chi connectivity index (χ0) is 12.1. The maximum Gasteiger partial charge on any atom is 0.291 e. The van der Waals surface area contributed by atoms with Crippen LogP contribution in [0.25, 0.3) is 0 Å². The third-order valence-electron chi connectivity index (χ3n) is 3.32. The van der Waals surface area contributed by atoms with E-state index in [2.05, 4.69) is 20.5 Å². The molecule has 1 saturated heterocycles. The van der Waals surface area contributed by atoms with Gasteiger partial charge in [0.25, 0.3) is 5.91 Å². The molecule has 94 valence electrons. The largest absolute Gasteiger partial charge is 0.336 e. The maximum absolute atomic E-state index is 12.0. The Labute approximate surface area is 101 Å². The maximum atomic E-state index is 12.0. The fraction of sp³-hybridized carbons (Fsp3) is 0.727. The SMILES string of the molecule is CNCCC1CCN(C(=O)c2ncn[nH]2)CC1. The van der Waals surface area contributed by atoms with Crippen molar-refractivity contribution in [2.75, 3.05) is 26.7 Å². The third kappa shape index (κ3) is 3.03. The van der Waals surface area contributed by atoms with Crippen molar-refractivity contribution in [1.29, 1.82) is 0 Å². The van der Waals surface area contributed by atoms with Gasteiger partial charge in [0.2, 0.25) is 5.82 Å². The molecule has 1 aliphatic heterocycles. The highest BCUT2D eigenvalue weighted by atomic mass is 16.2. The van der Waals surface area contributed by atoms with E-state index < -0.39 is 0 Å². The fourth-order valence-corrected chi connectivity index (χ4v) is 2.23. The van der Waals surface area contributed by atoms with Crippen molar-refractivity contribution in [2.24, 2.45) is 5.92 Å². The predicted molar refractivity (Wildman–Crippen MR) is 63.6 cm³/mol. The average molecular weight is 237 g/mol. The lowest BCUT2D eigenvalue weighted by Gasteiger charge is -2.31. The van der Waals surface area contributed by atoms with Gasteiger partial charge in [0.1, 0.15) is 6.33 Å². The molecule has 1 amide bonds. The molecule has 1 aromatic heterocycles. The topological polar surface area (TPSA) is 73.9 Å². The van der Waals surface area contributed by atoms with Crippen molar-refractivity contribution >= 4 is 5.91 Å². The van der Waals surface area contributed by atoms with Gasteiger partial charge in [0.15, 0.2) is 0 Å². The first-order valence-electron chi connectivity index (χ1n) is 6.10. The van der Waals surface area contributed by atoms with Gasteiger partial charge in [-0.15, -0.1) is 0 Å². The average Bonchev–Trinajstić information content (AvgIpc) is 2.90. The van der Waals surface area contributed by atoms with Crippen LogP contribution in [0.1, 0.15) is 29.9 Å². The Morgan fingerprint density at radius 1 is 1.59 bits per heavy atom. The van der Waals surface area contributed by atoms with E-state index in [0.29, 0.717) is 5.82 Å². The summed E-state index contributed by atoms with van der Waals surface area (Å²) < 4.78 is 0. The van der Waals surface area contributed by atoms with Crippen molar-refractivity contribution in [2.45, 2.75) is 19.3 Å². The molecule has 6 nitrogen and oxygen atoms in total. The molecule has 0 bridgehead atoms. The number of carbonyl (C=O) groups is 1. The quantitative estimate of drug-likeness (QED) is 0.788. The molecule has 0 aromatic carbocycles. The molecular weight excluding hydrogens is 218 g/mol. The molecule has 0 aliphatic carbocycles. The summed E-state index contributed by atoms with van der Waals surface area (Å²) in [5, 5.41) is 9.49. The number of hydrogen-bond acceptors (Lipinski definition) is 4. The molecule has 0 atom stereocenters. The van der Waals surface area contributed by atoms with E-state index in [0.717, 1.165) is 38.4 Å². The number of amides is 1. The summed E-state index contributed by atoms with van der Waals surface area (Å²) in [4.78, 5) is 17.7. The Bertz CT molecular complexity index is 343. The van der Waals surface area contributed by atoms with Crippen LogP contribution in [0.2, 0.25) is 0 Å². The number of aromatic amines is 1. The van der Waals surface area contributed by atoms with Gasteiger partial charge < -0.3 is 10.2 Å². The summed E-state index contributed by atoms with van der Waals surface area (Å²) in [7, 11) is 1.97. The predicted octanol–water partition coefficient (Wildman–Crippen LogP) is 0.266. The van der Waals surface area contributed by atoms with Crippen LogP contribution >= 0.6 is 0 Å². The van der Waals surface area contributed by atoms with E-state index in [9.17, 15) is 4.79 Å². The summed E-state index contributed by atoms with van der Waals surface area (Å²) in [6.45, 7) is 2.71. The monoisotopic (exact) mass is 237 g/mol. The molecule has 0 unspecified atom stereocenters. The van der Waals surface area contributed by atoms with Crippen LogP contribution in [0.4, 0.5) is 0 Å². The summed E-state index contributed by atoms with van der Waals surface area (Å²) in [6.07, 6.45) is 4.73. The van der Waals surface area contributed by atoms with Gasteiger partial charge in [0, 0.05) is 13.1 Å². The standard InChI is InChI=1S/C11H19N5O/c1-12-5-2-9-3-6-16(7-4-9)11(17)10-13-8-14-15-10/h8-9,12H,2-7H2,1H3,(H,13,14,15). The molecule has 2 rings (SSSR count). The summed E-state index contributed by atoms with van der Waals surface area (Å²) in [5.74, 6) is 1.05. The van der Waals surface area contributed by atoms with E-state index in [1.807, 2.05) is 11.9 Å². The molecule has 6 heteroatoms. The second kappa shape index (κ2) is 5.77. The Morgan fingerprint density at radius 2 is 2.35 bits per heavy atom. The molecule has 17 heavy (non-hydrogen) atoms. The van der Waals surface area contributed by atoms with Crippen molar-refractivity contribution in [3.8, 4) is 0 Å². The highest BCUT2D eigenvalue weighted by molar-refractivity contribution is 5.90. The number of likely N-dealkylation sites (tertiary alicyclic amines) is 1. The van der Waals surface area contributed by atoms with Crippen molar-refractivity contribution < 1.29 is 4.79 Å². The Hall–Kier alpha value is -1.43. The van der Waals surface area contributed by atoms with Gasteiger partial charge in [-0.1, -0.05) is 0 Å². The van der Waals surface area contributed by atoms with Gasteiger partial charge in [-0.25, -0.2) is 4.98 Å². The van der Waals surface area contributed by atoms with Crippen LogP contribution in [-0.2, 0) is 0 Å². The molecule has 0 spiro atoms. The molecule has 0 saturated carbocycles. The number of piperidine rings is 1. The summed E-state index contributed by atoms with van der Waals surface area (Å²) >= 11 is 0. The number of aromatic nitrogens is 3. The Morgan fingerprint density at radius 3 is 2.94 bits per heavy atom. The van der Waals surface area contributed by atoms with Crippen molar-refractivity contribution in [3.05, 3.63) is 12.2 Å². The van der Waals surface area contributed by atoms with Crippen LogP contribution < -0.4 is 5.32 Å². The summed E-state index contributed by atoms with van der Waals surface area (Å²) in [6, 6.07) is 0. The lowest BCUT2D eigenvalue weighted by molar-refractivity contribution is 0.0675. The number of nitrogens with zero attached hydrogens (tertiary/aromatic N) is 3. The third-order valence-corrected chi connectivity index (χ3v) is 3.32. The van der Waals surface area contributed by atoms with E-state index in [4.69, 9.17) is 0 Å². The second-order valence-corrected chi connectivity index (χ2v) is 4.46. The number of H-pyrrole nitrogens is 1. The van der Waals surface area contributed by atoms with Crippen LogP contribution in [0, 0.1) is 5.92 Å². The lowest BCUT2D eigenvalue weighted by atomic mass is 9.93. The fourth-order valence-electron chi connectivity index (χ4n) is 2.23. The van der Waals surface area contributed by atoms with Gasteiger partial charge >= 0.3 is 0 Å². The first-order valence-corrected chi connectivity index (χ1v) is 6.10. The molecule has 1 aliphatic rings. The van der Waals surface area contributed by atoms with E-state index >= 15 is 0 Å². The van der Waals surface area contributed by atoms with Crippen molar-refractivity contribution in [1.82, 2.24) is 25.4 Å². The highest BCUT2D eigenvalue weighted by Gasteiger charge is 2.24. The van der Waals surface area contributed by atoms with Gasteiger partial charge in [-0.3, -0.25) is 9.89 Å². The van der Waals surface area contributed by atoms with Crippen molar-refractivity contribution in [3.63, 3.8) is 0 Å². The molecule has 0 radical (unpaired) electrons. The lowest BCUT2D eigenvalue weighted by Crippen LogP contribution is -2.39. The molecule has 2 heterocycles. The van der Waals surface area contributed by atoms with Gasteiger partial charge in [-0.05, 0) is 38.8 Å². The van der Waals surface area contributed by atoms with Crippen LogP contribution in [0.3, 0.4) is 0 Å². The minimum absolute atomic E-state index is 0.0328. The van der Waals surface area contributed by atoms with Crippen LogP contribution in [0.15, 0.2) is 6.33 Å². The van der Waals surface area contributed by atoms with Crippen LogP contribution in [0.5, 0.6) is 0 Å². The molecule has 2 N–H and O–H groups in total. The highest BCUT2D eigenvalue weighted by Crippen LogP contribution is 2.20. The number of rotatable bonds is 4. The van der Waals surface area contributed by atoms with E-state index in [1.54, 1.807) is 0 Å². The zero-order valence-electron chi connectivity index (χ0n) is 10.1.